The smallest absolute Gasteiger partial charge is 0.270 e. The lowest BCUT2D eigenvalue weighted by molar-refractivity contribution is -0.122. The van der Waals surface area contributed by atoms with Crippen LogP contribution in [-0.4, -0.2) is 21.5 Å². The fraction of sp³-hybridized carbons (Fsp3) is 0.0870. The van der Waals surface area contributed by atoms with Crippen LogP contribution in [-0.2, 0) is 9.59 Å². The number of halogens is 2. The van der Waals surface area contributed by atoms with Gasteiger partial charge in [-0.3, -0.25) is 19.8 Å². The van der Waals surface area contributed by atoms with Crippen LogP contribution < -0.4 is 10.2 Å². The average molecular weight is 515 g/mol. The van der Waals surface area contributed by atoms with Crippen LogP contribution in [0.4, 0.5) is 5.69 Å². The van der Waals surface area contributed by atoms with E-state index in [9.17, 15) is 9.59 Å². The van der Waals surface area contributed by atoms with Crippen molar-refractivity contribution in [1.29, 1.82) is 0 Å². The molecule has 156 valence electrons. The van der Waals surface area contributed by atoms with Crippen LogP contribution in [0.25, 0.3) is 11.8 Å². The van der Waals surface area contributed by atoms with Crippen molar-refractivity contribution in [2.75, 3.05) is 4.90 Å². The first-order valence-electron chi connectivity index (χ1n) is 9.39. The van der Waals surface area contributed by atoms with Crippen LogP contribution >= 0.6 is 39.7 Å². The first-order chi connectivity index (χ1) is 14.8. The molecule has 8 heteroatoms. The van der Waals surface area contributed by atoms with Gasteiger partial charge in [0.15, 0.2) is 5.11 Å². The second kappa shape index (κ2) is 8.42. The van der Waals surface area contributed by atoms with Crippen LogP contribution in [0.3, 0.4) is 0 Å². The molecule has 31 heavy (non-hydrogen) atoms. The van der Waals surface area contributed by atoms with Gasteiger partial charge in [-0.15, -0.1) is 0 Å². The van der Waals surface area contributed by atoms with Gasteiger partial charge < -0.3 is 4.57 Å². The number of thiocarbonyl (C=S) groups is 1. The Morgan fingerprint density at radius 3 is 2.52 bits per heavy atom. The van der Waals surface area contributed by atoms with Crippen molar-refractivity contribution in [3.05, 3.63) is 86.6 Å². The van der Waals surface area contributed by atoms with E-state index in [4.69, 9.17) is 23.8 Å². The molecule has 5 nitrogen and oxygen atoms in total. The third-order valence-electron chi connectivity index (χ3n) is 5.03. The molecule has 1 aliphatic heterocycles. The lowest BCUT2D eigenvalue weighted by Gasteiger charge is -2.29. The number of nitrogens with one attached hydrogen (secondary N) is 1. The molecule has 3 aromatic rings. The Morgan fingerprint density at radius 1 is 1.06 bits per heavy atom. The molecule has 0 saturated carbocycles. The van der Waals surface area contributed by atoms with Crippen molar-refractivity contribution < 1.29 is 9.59 Å². The van der Waals surface area contributed by atoms with E-state index in [2.05, 4.69) is 25.8 Å². The van der Waals surface area contributed by atoms with Crippen molar-refractivity contribution in [3.63, 3.8) is 0 Å². The fourth-order valence-electron chi connectivity index (χ4n) is 3.61. The molecule has 0 aliphatic carbocycles. The summed E-state index contributed by atoms with van der Waals surface area (Å²) in [4.78, 5) is 27.1. The molecule has 0 unspecified atom stereocenters. The largest absolute Gasteiger partial charge is 0.318 e. The standard InChI is InChI=1S/C23H17BrClN3O2S/c1-13-10-15(14(2)27(13)17-7-5-6-16(24)12-17)11-18-21(29)26-23(31)28(22(18)30)20-9-4-3-8-19(20)25/h3-12H,1-2H3,(H,26,29,31)/b18-11+. The van der Waals surface area contributed by atoms with Gasteiger partial charge in [-0.1, -0.05) is 45.7 Å². The van der Waals surface area contributed by atoms with Crippen molar-refractivity contribution in [3.8, 4) is 5.69 Å². The van der Waals surface area contributed by atoms with E-state index in [1.807, 2.05) is 44.2 Å². The fourth-order valence-corrected chi connectivity index (χ4v) is 4.49. The predicted octanol–water partition coefficient (Wildman–Crippen LogP) is 5.34. The summed E-state index contributed by atoms with van der Waals surface area (Å²) < 4.78 is 3.03. The number of aryl methyl sites for hydroxylation is 1. The number of anilines is 1. The number of amides is 2. The summed E-state index contributed by atoms with van der Waals surface area (Å²) in [5, 5.41) is 2.96. The van der Waals surface area contributed by atoms with Gasteiger partial charge in [0.05, 0.1) is 10.7 Å². The van der Waals surface area contributed by atoms with Crippen LogP contribution in [0.5, 0.6) is 0 Å². The first-order valence-corrected chi connectivity index (χ1v) is 11.0. The highest BCUT2D eigenvalue weighted by molar-refractivity contribution is 9.10. The molecule has 0 atom stereocenters. The maximum absolute atomic E-state index is 13.3. The third-order valence-corrected chi connectivity index (χ3v) is 6.13. The molecule has 1 aliphatic rings. The number of carbonyl (C=O) groups is 2. The Labute approximate surface area is 198 Å². The lowest BCUT2D eigenvalue weighted by Crippen LogP contribution is -2.54. The number of hydrogen-bond acceptors (Lipinski definition) is 3. The number of carbonyl (C=O) groups excluding carboxylic acids is 2. The number of aromatic nitrogens is 1. The number of rotatable bonds is 3. The average Bonchev–Trinajstić information content (AvgIpc) is 2.99. The van der Waals surface area contributed by atoms with Crippen LogP contribution in [0.2, 0.25) is 5.02 Å². The number of benzene rings is 2. The van der Waals surface area contributed by atoms with Gasteiger partial charge in [-0.25, -0.2) is 0 Å². The molecule has 1 aromatic heterocycles. The van der Waals surface area contributed by atoms with E-state index in [0.29, 0.717) is 10.7 Å². The van der Waals surface area contributed by atoms with E-state index in [0.717, 1.165) is 27.1 Å². The molecular formula is C23H17BrClN3O2S. The zero-order chi connectivity index (χ0) is 22.3. The van der Waals surface area contributed by atoms with E-state index in [1.165, 1.54) is 4.90 Å². The maximum atomic E-state index is 13.3. The predicted molar refractivity (Wildman–Crippen MR) is 131 cm³/mol. The summed E-state index contributed by atoms with van der Waals surface area (Å²) in [6.45, 7) is 3.92. The molecule has 0 radical (unpaired) electrons. The van der Waals surface area contributed by atoms with Gasteiger partial charge in [-0.2, -0.15) is 0 Å². The monoisotopic (exact) mass is 513 g/mol. The second-order valence-corrected chi connectivity index (χ2v) is 8.76. The van der Waals surface area contributed by atoms with E-state index >= 15 is 0 Å². The molecule has 2 amide bonds. The summed E-state index contributed by atoms with van der Waals surface area (Å²) in [6, 6.07) is 16.7. The quantitative estimate of drug-likeness (QED) is 0.292. The second-order valence-electron chi connectivity index (χ2n) is 7.05. The minimum absolute atomic E-state index is 0.000131. The Hall–Kier alpha value is -2.74. The molecule has 1 fully saturated rings. The molecule has 1 N–H and O–H groups in total. The molecular weight excluding hydrogens is 498 g/mol. The Balaban J connectivity index is 1.79. The third kappa shape index (κ3) is 3.96. The normalized spacial score (nSPS) is 15.5. The Kier molecular flexibility index (Phi) is 5.83. The number of hydrogen-bond donors (Lipinski definition) is 1. The topological polar surface area (TPSA) is 54.3 Å². The molecule has 2 aromatic carbocycles. The van der Waals surface area contributed by atoms with E-state index in [1.54, 1.807) is 30.3 Å². The molecule has 4 rings (SSSR count). The summed E-state index contributed by atoms with van der Waals surface area (Å²) in [5.74, 6) is -1.06. The zero-order valence-electron chi connectivity index (χ0n) is 16.6. The summed E-state index contributed by atoms with van der Waals surface area (Å²) in [7, 11) is 0. The van der Waals surface area contributed by atoms with E-state index in [-0.39, 0.29) is 10.7 Å². The summed E-state index contributed by atoms with van der Waals surface area (Å²) in [6.07, 6.45) is 1.60. The van der Waals surface area contributed by atoms with Crippen LogP contribution in [0.15, 0.2) is 64.6 Å². The molecule has 1 saturated heterocycles. The van der Waals surface area contributed by atoms with Crippen molar-refractivity contribution in [2.45, 2.75) is 13.8 Å². The zero-order valence-corrected chi connectivity index (χ0v) is 19.8. The molecule has 0 bridgehead atoms. The SMILES string of the molecule is Cc1cc(/C=C2\C(=O)NC(=S)N(c3ccccc3Cl)C2=O)c(C)n1-c1cccc(Br)c1. The molecule has 2 heterocycles. The van der Waals surface area contributed by atoms with Crippen molar-refractivity contribution >= 4 is 68.4 Å². The van der Waals surface area contributed by atoms with Crippen molar-refractivity contribution in [2.24, 2.45) is 0 Å². The van der Waals surface area contributed by atoms with Gasteiger partial charge in [0.25, 0.3) is 11.8 Å². The van der Waals surface area contributed by atoms with Gasteiger partial charge in [0.2, 0.25) is 0 Å². The summed E-state index contributed by atoms with van der Waals surface area (Å²) >= 11 is 15.0. The van der Waals surface area contributed by atoms with Crippen LogP contribution in [0.1, 0.15) is 17.0 Å². The maximum Gasteiger partial charge on any atom is 0.270 e. The van der Waals surface area contributed by atoms with Gasteiger partial charge >= 0.3 is 0 Å². The number of nitrogens with zero attached hydrogens (tertiary/aromatic N) is 2. The molecule has 0 spiro atoms. The van der Waals surface area contributed by atoms with Gasteiger partial charge in [0, 0.05) is 21.5 Å². The minimum Gasteiger partial charge on any atom is -0.318 e. The highest BCUT2D eigenvalue weighted by Gasteiger charge is 2.35. The lowest BCUT2D eigenvalue weighted by atomic mass is 10.1. The number of para-hydroxylation sites is 1. The Morgan fingerprint density at radius 2 is 1.81 bits per heavy atom. The van der Waals surface area contributed by atoms with Crippen LogP contribution in [0, 0.1) is 13.8 Å². The van der Waals surface area contributed by atoms with E-state index < -0.39 is 11.8 Å². The minimum atomic E-state index is -0.537. The Bertz CT molecular complexity index is 1280. The first kappa shape index (κ1) is 21.5. The van der Waals surface area contributed by atoms with Gasteiger partial charge in [0.1, 0.15) is 5.57 Å². The van der Waals surface area contributed by atoms with Crippen molar-refractivity contribution in [1.82, 2.24) is 9.88 Å². The highest BCUT2D eigenvalue weighted by atomic mass is 79.9. The van der Waals surface area contributed by atoms with Gasteiger partial charge in [-0.05, 0) is 74.1 Å². The summed E-state index contributed by atoms with van der Waals surface area (Å²) in [5.41, 5.74) is 4.04. The highest BCUT2D eigenvalue weighted by Crippen LogP contribution is 2.30.